The maximum atomic E-state index is 12.9. The van der Waals surface area contributed by atoms with Crippen molar-refractivity contribution < 1.29 is 22.4 Å². The summed E-state index contributed by atoms with van der Waals surface area (Å²) in [4.78, 5) is 24.7. The highest BCUT2D eigenvalue weighted by molar-refractivity contribution is 6.01. The van der Waals surface area contributed by atoms with Gasteiger partial charge >= 0.3 is 17.7 Å². The summed E-state index contributed by atoms with van der Waals surface area (Å²) in [5, 5.41) is 0.627. The van der Waals surface area contributed by atoms with Crippen LogP contribution in [-0.2, 0) is 4.79 Å². The first-order valence-corrected chi connectivity index (χ1v) is 7.84. The third-order valence-electron chi connectivity index (χ3n) is 3.93. The molecule has 1 heterocycles. The predicted octanol–water partition coefficient (Wildman–Crippen LogP) is 4.38. The normalized spacial score (nSPS) is 11.5. The van der Waals surface area contributed by atoms with E-state index in [1.54, 1.807) is 36.4 Å². The quantitative estimate of drug-likeness (QED) is 0.651. The zero-order chi connectivity index (χ0) is 18.9. The molecule has 4 nitrogen and oxygen atoms in total. The van der Waals surface area contributed by atoms with E-state index in [4.69, 9.17) is 4.42 Å². The Kier molecular flexibility index (Phi) is 4.54. The highest BCUT2D eigenvalue weighted by atomic mass is 19.4. The molecule has 0 aliphatic heterocycles. The van der Waals surface area contributed by atoms with Crippen LogP contribution in [0, 0.1) is 0 Å². The molecule has 0 saturated carbocycles. The Morgan fingerprint density at radius 1 is 1.04 bits per heavy atom. The molecule has 1 aromatic heterocycles. The van der Waals surface area contributed by atoms with Crippen molar-refractivity contribution in [1.82, 2.24) is 0 Å². The van der Waals surface area contributed by atoms with Crippen LogP contribution >= 0.6 is 0 Å². The Morgan fingerprint density at radius 2 is 1.69 bits per heavy atom. The van der Waals surface area contributed by atoms with Gasteiger partial charge in [-0.3, -0.25) is 4.79 Å². The highest BCUT2D eigenvalue weighted by Crippen LogP contribution is 2.32. The fraction of sp³-hybridized carbons (Fsp3) is 0.158. The number of carbonyl (C=O) groups excluding carboxylic acids is 1. The summed E-state index contributed by atoms with van der Waals surface area (Å²) in [7, 11) is 0. The number of rotatable bonds is 3. The molecule has 2 aromatic carbocycles. The second-order valence-corrected chi connectivity index (χ2v) is 5.55. The summed E-state index contributed by atoms with van der Waals surface area (Å²) < 4.78 is 44.0. The van der Waals surface area contributed by atoms with Crippen molar-refractivity contribution in [3.05, 3.63) is 65.0 Å². The van der Waals surface area contributed by atoms with Gasteiger partial charge in [0, 0.05) is 17.5 Å². The number of halogens is 3. The van der Waals surface area contributed by atoms with Crippen LogP contribution in [0.15, 0.2) is 63.8 Å². The van der Waals surface area contributed by atoms with Gasteiger partial charge in [-0.05, 0) is 25.1 Å². The minimum atomic E-state index is -5.02. The molecule has 0 saturated heterocycles. The van der Waals surface area contributed by atoms with Crippen molar-refractivity contribution >= 4 is 22.6 Å². The standard InChI is InChI=1S/C19H14F3NO3/c1-2-23(18(25)19(20,21)22)15-9-5-4-8-13(15)14-11-12-7-3-6-10-16(12)26-17(14)24/h3-11H,2H2,1H3. The van der Waals surface area contributed by atoms with Crippen LogP contribution in [-0.4, -0.2) is 18.6 Å². The SMILES string of the molecule is CCN(C(=O)C(F)(F)F)c1ccccc1-c1cc2ccccc2oc1=O. The van der Waals surface area contributed by atoms with Gasteiger partial charge in [0.1, 0.15) is 5.58 Å². The first kappa shape index (κ1) is 17.7. The van der Waals surface area contributed by atoms with Crippen LogP contribution in [0.25, 0.3) is 22.1 Å². The van der Waals surface area contributed by atoms with E-state index in [-0.39, 0.29) is 23.4 Å². The molecule has 0 bridgehead atoms. The lowest BCUT2D eigenvalue weighted by Gasteiger charge is -2.24. The maximum absolute atomic E-state index is 12.9. The van der Waals surface area contributed by atoms with Crippen molar-refractivity contribution in [2.75, 3.05) is 11.4 Å². The molecule has 134 valence electrons. The minimum absolute atomic E-state index is 0.0000869. The molecular weight excluding hydrogens is 347 g/mol. The van der Waals surface area contributed by atoms with Crippen LogP contribution in [0.3, 0.4) is 0 Å². The Hall–Kier alpha value is -3.09. The van der Waals surface area contributed by atoms with E-state index >= 15 is 0 Å². The first-order valence-electron chi connectivity index (χ1n) is 7.84. The lowest BCUT2D eigenvalue weighted by molar-refractivity contribution is -0.170. The number of amides is 1. The van der Waals surface area contributed by atoms with Crippen LogP contribution < -0.4 is 10.5 Å². The zero-order valence-electron chi connectivity index (χ0n) is 13.7. The number of para-hydroxylation sites is 2. The molecule has 26 heavy (non-hydrogen) atoms. The van der Waals surface area contributed by atoms with E-state index in [0.29, 0.717) is 15.9 Å². The van der Waals surface area contributed by atoms with E-state index < -0.39 is 17.7 Å². The number of carbonyl (C=O) groups is 1. The third kappa shape index (κ3) is 3.20. The fourth-order valence-electron chi connectivity index (χ4n) is 2.76. The second-order valence-electron chi connectivity index (χ2n) is 5.55. The van der Waals surface area contributed by atoms with Crippen molar-refractivity contribution in [3.63, 3.8) is 0 Å². The van der Waals surface area contributed by atoms with Gasteiger partial charge in [-0.15, -0.1) is 0 Å². The Labute approximate surface area is 146 Å². The van der Waals surface area contributed by atoms with Gasteiger partial charge in [0.05, 0.1) is 11.3 Å². The minimum Gasteiger partial charge on any atom is -0.422 e. The molecule has 0 aliphatic rings. The molecule has 0 fully saturated rings. The molecular formula is C19H14F3NO3. The molecule has 0 N–H and O–H groups in total. The summed E-state index contributed by atoms with van der Waals surface area (Å²) in [5.74, 6) is -1.99. The third-order valence-corrected chi connectivity index (χ3v) is 3.93. The number of hydrogen-bond acceptors (Lipinski definition) is 3. The van der Waals surface area contributed by atoms with Crippen molar-refractivity contribution in [2.24, 2.45) is 0 Å². The van der Waals surface area contributed by atoms with Crippen molar-refractivity contribution in [2.45, 2.75) is 13.1 Å². The topological polar surface area (TPSA) is 50.5 Å². The van der Waals surface area contributed by atoms with Gasteiger partial charge in [0.25, 0.3) is 0 Å². The van der Waals surface area contributed by atoms with Crippen LogP contribution in [0.4, 0.5) is 18.9 Å². The first-order chi connectivity index (χ1) is 12.3. The second kappa shape index (κ2) is 6.67. The average molecular weight is 361 g/mol. The van der Waals surface area contributed by atoms with Crippen LogP contribution in [0.5, 0.6) is 0 Å². The predicted molar refractivity (Wildman–Crippen MR) is 92.0 cm³/mol. The zero-order valence-corrected chi connectivity index (χ0v) is 13.7. The molecule has 7 heteroatoms. The molecule has 3 rings (SSSR count). The van der Waals surface area contributed by atoms with Crippen LogP contribution in [0.2, 0.25) is 0 Å². The Bertz CT molecular complexity index is 1020. The lowest BCUT2D eigenvalue weighted by atomic mass is 10.0. The van der Waals surface area contributed by atoms with E-state index in [1.807, 2.05) is 0 Å². The van der Waals surface area contributed by atoms with Gasteiger partial charge in [-0.1, -0.05) is 36.4 Å². The number of hydrogen-bond donors (Lipinski definition) is 0. The lowest BCUT2D eigenvalue weighted by Crippen LogP contribution is -2.41. The maximum Gasteiger partial charge on any atom is 0.471 e. The van der Waals surface area contributed by atoms with Gasteiger partial charge in [-0.2, -0.15) is 13.2 Å². The number of alkyl halides is 3. The molecule has 0 unspecified atom stereocenters. The highest BCUT2D eigenvalue weighted by Gasteiger charge is 2.43. The number of fused-ring (bicyclic) bond motifs is 1. The largest absolute Gasteiger partial charge is 0.471 e. The summed E-state index contributed by atoms with van der Waals surface area (Å²) in [6.45, 7) is 1.23. The molecule has 0 spiro atoms. The molecule has 0 aliphatic carbocycles. The summed E-state index contributed by atoms with van der Waals surface area (Å²) in [6, 6.07) is 14.3. The van der Waals surface area contributed by atoms with Gasteiger partial charge < -0.3 is 9.32 Å². The average Bonchev–Trinajstić information content (AvgIpc) is 2.61. The molecule has 0 radical (unpaired) electrons. The van der Waals surface area contributed by atoms with Crippen molar-refractivity contribution in [1.29, 1.82) is 0 Å². The smallest absolute Gasteiger partial charge is 0.422 e. The molecule has 1 amide bonds. The number of benzene rings is 2. The van der Waals surface area contributed by atoms with Gasteiger partial charge in [-0.25, -0.2) is 4.79 Å². The van der Waals surface area contributed by atoms with E-state index in [1.165, 1.54) is 25.1 Å². The number of anilines is 1. The van der Waals surface area contributed by atoms with Gasteiger partial charge in [0.15, 0.2) is 0 Å². The van der Waals surface area contributed by atoms with E-state index in [0.717, 1.165) is 0 Å². The Morgan fingerprint density at radius 3 is 2.38 bits per heavy atom. The number of nitrogens with zero attached hydrogens (tertiary/aromatic N) is 1. The Balaban J connectivity index is 2.21. The van der Waals surface area contributed by atoms with Gasteiger partial charge in [0.2, 0.25) is 0 Å². The molecule has 0 atom stereocenters. The monoisotopic (exact) mass is 361 g/mol. The van der Waals surface area contributed by atoms with E-state index in [2.05, 4.69) is 0 Å². The fourth-order valence-corrected chi connectivity index (χ4v) is 2.76. The van der Waals surface area contributed by atoms with Crippen LogP contribution in [0.1, 0.15) is 6.92 Å². The van der Waals surface area contributed by atoms with E-state index in [9.17, 15) is 22.8 Å². The van der Waals surface area contributed by atoms with Crippen molar-refractivity contribution in [3.8, 4) is 11.1 Å². The summed E-state index contributed by atoms with van der Waals surface area (Å²) >= 11 is 0. The summed E-state index contributed by atoms with van der Waals surface area (Å²) in [6.07, 6.45) is -5.02. The summed E-state index contributed by atoms with van der Waals surface area (Å²) in [5.41, 5.74) is -0.0248. The molecule has 3 aromatic rings.